The average molecular weight is 250 g/mol. The Labute approximate surface area is 104 Å². The molecule has 0 bridgehead atoms. The van der Waals surface area contributed by atoms with E-state index in [9.17, 15) is 14.4 Å². The largest absolute Gasteiger partial charge is 0.483 e. The molecule has 0 aromatic heterocycles. The number of carbonyl (C=O) groups is 3. The molecule has 2 N–H and O–H groups in total. The van der Waals surface area contributed by atoms with Crippen molar-refractivity contribution in [1.82, 2.24) is 10.6 Å². The van der Waals surface area contributed by atoms with Crippen LogP contribution in [0.15, 0.2) is 24.3 Å². The number of benzene rings is 1. The molecule has 1 rings (SSSR count). The molecule has 0 atom stereocenters. The zero-order chi connectivity index (χ0) is 13.4. The van der Waals surface area contributed by atoms with E-state index < -0.39 is 5.91 Å². The lowest BCUT2D eigenvalue weighted by molar-refractivity contribution is -0.127. The molecule has 0 saturated carbocycles. The third kappa shape index (κ3) is 4.25. The maximum absolute atomic E-state index is 11.3. The fourth-order valence-corrected chi connectivity index (χ4v) is 1.17. The maximum atomic E-state index is 11.3. The second-order valence-corrected chi connectivity index (χ2v) is 3.39. The molecule has 0 radical (unpaired) electrons. The topological polar surface area (TPSA) is 84.5 Å². The highest BCUT2D eigenvalue weighted by atomic mass is 16.5. The lowest BCUT2D eigenvalue weighted by Crippen LogP contribution is -2.37. The number of para-hydroxylation sites is 1. The van der Waals surface area contributed by atoms with E-state index in [-0.39, 0.29) is 19.1 Å². The number of amides is 2. The highest BCUT2D eigenvalue weighted by Crippen LogP contribution is 2.15. The zero-order valence-electron chi connectivity index (χ0n) is 9.93. The van der Waals surface area contributed by atoms with Gasteiger partial charge in [-0.3, -0.25) is 14.4 Å². The van der Waals surface area contributed by atoms with Gasteiger partial charge in [0.2, 0.25) is 5.91 Å². The van der Waals surface area contributed by atoms with Gasteiger partial charge in [0, 0.05) is 7.05 Å². The van der Waals surface area contributed by atoms with E-state index in [1.54, 1.807) is 24.3 Å². The lowest BCUT2D eigenvalue weighted by Gasteiger charge is -2.08. The molecule has 0 unspecified atom stereocenters. The van der Waals surface area contributed by atoms with E-state index in [0.717, 1.165) is 0 Å². The fraction of sp³-hybridized carbons (Fsp3) is 0.250. The molecule has 18 heavy (non-hydrogen) atoms. The van der Waals surface area contributed by atoms with Crippen LogP contribution in [-0.2, 0) is 9.59 Å². The second kappa shape index (κ2) is 7.05. The van der Waals surface area contributed by atoms with Crippen LogP contribution >= 0.6 is 0 Å². The van der Waals surface area contributed by atoms with Gasteiger partial charge in [-0.15, -0.1) is 0 Å². The van der Waals surface area contributed by atoms with Gasteiger partial charge in [0.15, 0.2) is 12.9 Å². The van der Waals surface area contributed by atoms with Gasteiger partial charge < -0.3 is 15.4 Å². The molecule has 96 valence electrons. The Morgan fingerprint density at radius 3 is 2.67 bits per heavy atom. The van der Waals surface area contributed by atoms with Gasteiger partial charge in [-0.1, -0.05) is 12.1 Å². The van der Waals surface area contributed by atoms with Crippen LogP contribution in [0, 0.1) is 0 Å². The Kier molecular flexibility index (Phi) is 5.37. The molecule has 6 heteroatoms. The second-order valence-electron chi connectivity index (χ2n) is 3.39. The van der Waals surface area contributed by atoms with Crippen molar-refractivity contribution in [3.05, 3.63) is 29.8 Å². The molecule has 0 aliphatic carbocycles. The minimum absolute atomic E-state index is 0.103. The van der Waals surface area contributed by atoms with Crippen LogP contribution in [0.3, 0.4) is 0 Å². The highest BCUT2D eigenvalue weighted by Gasteiger charge is 2.07. The van der Waals surface area contributed by atoms with Crippen LogP contribution in [-0.4, -0.2) is 38.3 Å². The van der Waals surface area contributed by atoms with Crippen molar-refractivity contribution < 1.29 is 19.1 Å². The molecule has 0 heterocycles. The number of carbonyl (C=O) groups excluding carboxylic acids is 3. The first-order chi connectivity index (χ1) is 8.67. The third-order valence-electron chi connectivity index (χ3n) is 2.13. The predicted molar refractivity (Wildman–Crippen MR) is 64.4 cm³/mol. The van der Waals surface area contributed by atoms with Crippen molar-refractivity contribution in [3.63, 3.8) is 0 Å². The number of rotatable bonds is 6. The molecular weight excluding hydrogens is 236 g/mol. The molecule has 1 aromatic carbocycles. The van der Waals surface area contributed by atoms with Crippen molar-refractivity contribution in [2.75, 3.05) is 20.2 Å². The number of nitrogens with one attached hydrogen (secondary N) is 2. The van der Waals surface area contributed by atoms with Crippen LogP contribution in [0.5, 0.6) is 5.75 Å². The molecule has 0 fully saturated rings. The van der Waals surface area contributed by atoms with Crippen LogP contribution in [0.25, 0.3) is 0 Å². The molecule has 2 amide bonds. The number of hydrogen-bond donors (Lipinski definition) is 2. The van der Waals surface area contributed by atoms with Crippen LogP contribution < -0.4 is 15.4 Å². The lowest BCUT2D eigenvalue weighted by atomic mass is 10.2. The number of ether oxygens (including phenoxy) is 1. The smallest absolute Gasteiger partial charge is 0.258 e. The van der Waals surface area contributed by atoms with E-state index >= 15 is 0 Å². The van der Waals surface area contributed by atoms with E-state index in [0.29, 0.717) is 17.6 Å². The Balaban J connectivity index is 2.42. The molecular formula is C12H14N2O4. The maximum Gasteiger partial charge on any atom is 0.258 e. The number of hydrogen-bond acceptors (Lipinski definition) is 4. The summed E-state index contributed by atoms with van der Waals surface area (Å²) in [7, 11) is 1.48. The van der Waals surface area contributed by atoms with Crippen molar-refractivity contribution in [2.45, 2.75) is 0 Å². The van der Waals surface area contributed by atoms with E-state index in [2.05, 4.69) is 10.6 Å². The highest BCUT2D eigenvalue weighted by molar-refractivity contribution is 5.85. The number of aldehydes is 1. The predicted octanol–water partition coefficient (Wildman–Crippen LogP) is -0.260. The minimum Gasteiger partial charge on any atom is -0.483 e. The van der Waals surface area contributed by atoms with E-state index in [1.165, 1.54) is 7.05 Å². The van der Waals surface area contributed by atoms with Crippen LogP contribution in [0.4, 0.5) is 0 Å². The fourth-order valence-electron chi connectivity index (χ4n) is 1.17. The summed E-state index contributed by atoms with van der Waals surface area (Å²) in [6, 6.07) is 6.58. The van der Waals surface area contributed by atoms with Crippen LogP contribution in [0.1, 0.15) is 10.4 Å². The van der Waals surface area contributed by atoms with Gasteiger partial charge in [-0.2, -0.15) is 0 Å². The molecule has 0 saturated heterocycles. The summed E-state index contributed by atoms with van der Waals surface area (Å²) >= 11 is 0. The quantitative estimate of drug-likeness (QED) is 0.681. The Morgan fingerprint density at radius 2 is 2.00 bits per heavy atom. The van der Waals surface area contributed by atoms with Gasteiger partial charge in [0.25, 0.3) is 5.91 Å². The molecule has 1 aromatic rings. The first kappa shape index (κ1) is 13.7. The summed E-state index contributed by atoms with van der Waals surface area (Å²) in [6.07, 6.45) is 0.651. The molecule has 0 aliphatic heterocycles. The van der Waals surface area contributed by atoms with Gasteiger partial charge in [-0.05, 0) is 12.1 Å². The van der Waals surface area contributed by atoms with E-state index in [4.69, 9.17) is 4.74 Å². The molecule has 0 aliphatic rings. The summed E-state index contributed by atoms with van der Waals surface area (Å²) < 4.78 is 5.18. The minimum atomic E-state index is -0.431. The average Bonchev–Trinajstić information content (AvgIpc) is 2.42. The standard InChI is InChI=1S/C12H14N2O4/c1-13-11(16)6-14-12(17)8-18-10-5-3-2-4-9(10)7-15/h2-5,7H,6,8H2,1H3,(H,13,16)(H,14,17). The summed E-state index contributed by atoms with van der Waals surface area (Å²) in [5.41, 5.74) is 0.372. The third-order valence-corrected chi connectivity index (χ3v) is 2.13. The van der Waals surface area contributed by atoms with Crippen molar-refractivity contribution >= 4 is 18.1 Å². The van der Waals surface area contributed by atoms with Crippen molar-refractivity contribution in [2.24, 2.45) is 0 Å². The van der Waals surface area contributed by atoms with Crippen molar-refractivity contribution in [3.8, 4) is 5.75 Å². The van der Waals surface area contributed by atoms with Gasteiger partial charge in [-0.25, -0.2) is 0 Å². The SMILES string of the molecule is CNC(=O)CNC(=O)COc1ccccc1C=O. The van der Waals surface area contributed by atoms with Gasteiger partial charge in [0.05, 0.1) is 12.1 Å². The molecule has 6 nitrogen and oxygen atoms in total. The Morgan fingerprint density at radius 1 is 1.28 bits per heavy atom. The Hall–Kier alpha value is -2.37. The number of likely N-dealkylation sites (N-methyl/N-ethyl adjacent to an activating group) is 1. The van der Waals surface area contributed by atoms with Gasteiger partial charge in [0.1, 0.15) is 5.75 Å². The monoisotopic (exact) mass is 250 g/mol. The van der Waals surface area contributed by atoms with E-state index in [1.807, 2.05) is 0 Å². The summed E-state index contributed by atoms with van der Waals surface area (Å²) in [4.78, 5) is 32.9. The Bertz CT molecular complexity index is 445. The summed E-state index contributed by atoms with van der Waals surface area (Å²) in [5.74, 6) is -0.390. The molecule has 0 spiro atoms. The summed E-state index contributed by atoms with van der Waals surface area (Å²) in [6.45, 7) is -0.351. The summed E-state index contributed by atoms with van der Waals surface area (Å²) in [5, 5.41) is 4.75. The first-order valence-electron chi connectivity index (χ1n) is 5.31. The normalized spacial score (nSPS) is 9.39. The van der Waals surface area contributed by atoms with Crippen molar-refractivity contribution in [1.29, 1.82) is 0 Å². The van der Waals surface area contributed by atoms with Crippen LogP contribution in [0.2, 0.25) is 0 Å². The first-order valence-corrected chi connectivity index (χ1v) is 5.31. The van der Waals surface area contributed by atoms with Gasteiger partial charge >= 0.3 is 0 Å². The zero-order valence-corrected chi connectivity index (χ0v) is 9.93.